The van der Waals surface area contributed by atoms with Gasteiger partial charge in [0.25, 0.3) is 0 Å². The first-order valence-electron chi connectivity index (χ1n) is 16.3. The third-order valence-corrected chi connectivity index (χ3v) is 9.09. The van der Waals surface area contributed by atoms with Gasteiger partial charge in [0.1, 0.15) is 0 Å². The summed E-state index contributed by atoms with van der Waals surface area (Å²) in [4.78, 5) is 30.9. The second kappa shape index (κ2) is 12.4. The molecule has 0 atom stereocenters. The molecule has 0 fully saturated rings. The summed E-state index contributed by atoms with van der Waals surface area (Å²) >= 11 is 0. The van der Waals surface area contributed by atoms with Crippen LogP contribution in [0.3, 0.4) is 0 Å². The van der Waals surface area contributed by atoms with E-state index in [9.17, 15) is 5.11 Å². The van der Waals surface area contributed by atoms with Crippen molar-refractivity contribution in [3.63, 3.8) is 0 Å². The second-order valence-corrected chi connectivity index (χ2v) is 12.1. The van der Waals surface area contributed by atoms with Crippen LogP contribution in [0.4, 0.5) is 0 Å². The van der Waals surface area contributed by atoms with Gasteiger partial charge in [-0.3, -0.25) is 15.0 Å². The van der Waals surface area contributed by atoms with Crippen molar-refractivity contribution in [1.29, 1.82) is 0 Å². The second-order valence-electron chi connectivity index (χ2n) is 12.1. The van der Waals surface area contributed by atoms with E-state index in [0.717, 1.165) is 94.9 Å². The minimum atomic E-state index is -0.0208. The number of hydrogen-bond acceptors (Lipinski definition) is 6. The van der Waals surface area contributed by atoms with E-state index < -0.39 is 0 Å². The van der Waals surface area contributed by atoms with Crippen molar-refractivity contribution in [3.05, 3.63) is 150 Å². The monoisotopic (exact) mass is 647 g/mol. The first-order chi connectivity index (χ1) is 24.7. The largest absolute Gasteiger partial charge is 0.392 e. The molecule has 8 bridgehead atoms. The highest BCUT2D eigenvalue weighted by molar-refractivity contribution is 6.00. The molecule has 1 aromatic carbocycles. The van der Waals surface area contributed by atoms with Crippen molar-refractivity contribution < 1.29 is 5.11 Å². The van der Waals surface area contributed by atoms with Crippen LogP contribution >= 0.6 is 0 Å². The fourth-order valence-electron chi connectivity index (χ4n) is 6.75. The van der Waals surface area contributed by atoms with Crippen molar-refractivity contribution in [3.8, 4) is 44.5 Å². The average Bonchev–Trinajstić information content (AvgIpc) is 4.01. The van der Waals surface area contributed by atoms with Crippen molar-refractivity contribution >= 4 is 46.4 Å². The van der Waals surface area contributed by atoms with Crippen LogP contribution < -0.4 is 0 Å². The molecular formula is C42H29N7O. The highest BCUT2D eigenvalue weighted by Crippen LogP contribution is 2.38. The first kappa shape index (κ1) is 29.4. The zero-order valence-electron chi connectivity index (χ0n) is 26.7. The van der Waals surface area contributed by atoms with E-state index in [4.69, 9.17) is 9.97 Å². The van der Waals surface area contributed by atoms with Gasteiger partial charge in [0, 0.05) is 81.5 Å². The molecule has 8 heterocycles. The Labute approximate surface area is 287 Å². The van der Waals surface area contributed by atoms with Gasteiger partial charge in [-0.25, -0.2) is 9.97 Å². The van der Waals surface area contributed by atoms with Gasteiger partial charge >= 0.3 is 0 Å². The zero-order chi connectivity index (χ0) is 33.4. The number of fused-ring (bicyclic) bond motifs is 8. The Morgan fingerprint density at radius 1 is 0.380 bits per heavy atom. The Bertz CT molecular complexity index is 2470. The summed E-state index contributed by atoms with van der Waals surface area (Å²) in [7, 11) is 0. The number of aliphatic hydroxyl groups is 1. The number of pyridine rings is 3. The molecule has 9 rings (SSSR count). The van der Waals surface area contributed by atoms with Crippen LogP contribution in [-0.2, 0) is 6.61 Å². The molecule has 0 saturated heterocycles. The van der Waals surface area contributed by atoms with Gasteiger partial charge < -0.3 is 15.1 Å². The minimum absolute atomic E-state index is 0.0208. The number of aromatic nitrogens is 7. The summed E-state index contributed by atoms with van der Waals surface area (Å²) in [5.41, 5.74) is 15.6. The molecule has 8 nitrogen and oxygen atoms in total. The fraction of sp³-hybridized carbons (Fsp3) is 0.0238. The molecule has 6 aromatic heterocycles. The molecule has 0 spiro atoms. The maximum absolute atomic E-state index is 9.78. The van der Waals surface area contributed by atoms with Crippen LogP contribution in [0.15, 0.2) is 122 Å². The van der Waals surface area contributed by atoms with Gasteiger partial charge in [0.15, 0.2) is 0 Å². The zero-order valence-corrected chi connectivity index (χ0v) is 26.7. The Morgan fingerprint density at radius 3 is 1.12 bits per heavy atom. The van der Waals surface area contributed by atoms with Crippen LogP contribution in [0.2, 0.25) is 0 Å². The minimum Gasteiger partial charge on any atom is -0.392 e. The molecule has 50 heavy (non-hydrogen) atoms. The molecule has 238 valence electrons. The molecule has 7 aromatic rings. The number of nitrogens with zero attached hydrogens (tertiary/aromatic N) is 5. The summed E-state index contributed by atoms with van der Waals surface area (Å²) in [5, 5.41) is 9.78. The Balaban J connectivity index is 1.47. The molecular weight excluding hydrogens is 619 g/mol. The van der Waals surface area contributed by atoms with Gasteiger partial charge in [-0.05, 0) is 113 Å². The maximum atomic E-state index is 9.78. The van der Waals surface area contributed by atoms with Crippen molar-refractivity contribution in [2.45, 2.75) is 6.61 Å². The van der Waals surface area contributed by atoms with Gasteiger partial charge in [0.05, 0.1) is 29.4 Å². The Morgan fingerprint density at radius 2 is 0.720 bits per heavy atom. The van der Waals surface area contributed by atoms with Crippen LogP contribution in [-0.4, -0.2) is 40.0 Å². The first-order valence-corrected chi connectivity index (χ1v) is 16.3. The maximum Gasteiger partial charge on any atom is 0.0738 e. The van der Waals surface area contributed by atoms with Crippen LogP contribution in [0, 0.1) is 0 Å². The SMILES string of the molecule is OCc1ccc(-c2c3ccc([nH]3)c(-c3ccncc3)c3nc(c(-c4ccncc4)c4nc(c(-c5ccncc5)c5ccc2[nH]5)C=C4)C=C3)cc1. The molecule has 3 N–H and O–H groups in total. The van der Waals surface area contributed by atoms with Crippen LogP contribution in [0.5, 0.6) is 0 Å². The molecule has 0 saturated carbocycles. The van der Waals surface area contributed by atoms with Crippen molar-refractivity contribution in [2.75, 3.05) is 0 Å². The quantitative estimate of drug-likeness (QED) is 0.172. The van der Waals surface area contributed by atoms with Gasteiger partial charge in [-0.2, -0.15) is 0 Å². The number of aromatic amines is 2. The topological polar surface area (TPSA) is 116 Å². The lowest BCUT2D eigenvalue weighted by molar-refractivity contribution is 0.282. The normalized spacial score (nSPS) is 12.0. The number of aliphatic hydroxyl groups excluding tert-OH is 1. The van der Waals surface area contributed by atoms with E-state index in [2.05, 4.69) is 73.5 Å². The standard InChI is InChI=1S/C42H29N7O/c50-25-26-1-3-27(4-2-26)39-31-5-7-33(46-31)40(28-13-19-43-20-14-28)35-9-11-37(48-35)42(30-17-23-45-24-18-30)38-12-10-36(49-38)41(29-15-21-44-22-16-29)34-8-6-32(39)47-34/h1-24,46-47,50H,25H2. The van der Waals surface area contributed by atoms with E-state index in [0.29, 0.717) is 0 Å². The van der Waals surface area contributed by atoms with E-state index in [1.54, 1.807) is 37.2 Å². The third-order valence-electron chi connectivity index (χ3n) is 9.09. The molecule has 0 unspecified atom stereocenters. The van der Waals surface area contributed by atoms with Gasteiger partial charge in [-0.15, -0.1) is 0 Å². The highest BCUT2D eigenvalue weighted by atomic mass is 16.3. The fourth-order valence-corrected chi connectivity index (χ4v) is 6.75. The van der Waals surface area contributed by atoms with E-state index >= 15 is 0 Å². The predicted octanol–water partition coefficient (Wildman–Crippen LogP) is 9.00. The summed E-state index contributed by atoms with van der Waals surface area (Å²) in [6.07, 6.45) is 19.1. The lowest BCUT2D eigenvalue weighted by Gasteiger charge is -2.07. The van der Waals surface area contributed by atoms with Crippen LogP contribution in [0.1, 0.15) is 28.3 Å². The number of benzene rings is 1. The van der Waals surface area contributed by atoms with E-state index in [1.165, 1.54) is 0 Å². The molecule has 8 heteroatoms. The smallest absolute Gasteiger partial charge is 0.0738 e. The number of H-pyrrole nitrogens is 2. The molecule has 2 aliphatic heterocycles. The number of rotatable bonds is 5. The van der Waals surface area contributed by atoms with Gasteiger partial charge in [-0.1, -0.05) is 24.3 Å². The van der Waals surface area contributed by atoms with E-state index in [1.807, 2.05) is 60.7 Å². The van der Waals surface area contributed by atoms with E-state index in [-0.39, 0.29) is 6.61 Å². The number of hydrogen-bond donors (Lipinski definition) is 3. The highest BCUT2D eigenvalue weighted by Gasteiger charge is 2.19. The van der Waals surface area contributed by atoms with Crippen molar-refractivity contribution in [1.82, 2.24) is 34.9 Å². The van der Waals surface area contributed by atoms with Crippen molar-refractivity contribution in [2.24, 2.45) is 0 Å². The molecule has 0 aliphatic carbocycles. The Kier molecular flexibility index (Phi) is 7.26. The molecule has 0 amide bonds. The Hall–Kier alpha value is -6.77. The summed E-state index contributed by atoms with van der Waals surface area (Å²) in [6, 6.07) is 28.5. The summed E-state index contributed by atoms with van der Waals surface area (Å²) in [5.74, 6) is 0. The predicted molar refractivity (Wildman–Crippen MR) is 200 cm³/mol. The number of nitrogens with one attached hydrogen (secondary N) is 2. The third kappa shape index (κ3) is 5.20. The van der Waals surface area contributed by atoms with Crippen LogP contribution in [0.25, 0.3) is 90.9 Å². The average molecular weight is 648 g/mol. The molecule has 2 aliphatic rings. The van der Waals surface area contributed by atoms with Gasteiger partial charge in [0.2, 0.25) is 0 Å². The molecule has 0 radical (unpaired) electrons. The summed E-state index contributed by atoms with van der Waals surface area (Å²) < 4.78 is 0. The summed E-state index contributed by atoms with van der Waals surface area (Å²) in [6.45, 7) is -0.0208. The lowest BCUT2D eigenvalue weighted by Crippen LogP contribution is -1.91. The lowest BCUT2D eigenvalue weighted by atomic mass is 10.0.